The fourth-order valence-electron chi connectivity index (χ4n) is 9.77. The van der Waals surface area contributed by atoms with Gasteiger partial charge in [0.05, 0.1) is 13.2 Å². The fourth-order valence-corrected chi connectivity index (χ4v) is 9.77. The van der Waals surface area contributed by atoms with Crippen LogP contribution in [-0.2, 0) is 22.7 Å². The van der Waals surface area contributed by atoms with Crippen LogP contribution in [0.4, 0.5) is 0 Å². The molecule has 0 saturated carbocycles. The third-order valence-corrected chi connectivity index (χ3v) is 11.5. The Bertz CT molecular complexity index is 1900. The Balaban J connectivity index is 1.38. The molecule has 3 aliphatic carbocycles. The van der Waals surface area contributed by atoms with Crippen LogP contribution in [-0.4, -0.2) is 23.4 Å². The quantitative estimate of drug-likeness (QED) is 0.202. The highest BCUT2D eigenvalue weighted by molar-refractivity contribution is 5.83. The minimum atomic E-state index is -0.640. The average molecular weight is 597 g/mol. The molecule has 6 aromatic carbocycles. The molecule has 2 N–H and O–H groups in total. The third kappa shape index (κ3) is 3.54. The largest absolute Gasteiger partial charge is 0.395 e. The second-order valence-corrected chi connectivity index (χ2v) is 13.6. The fraction of sp³-hybridized carbons (Fsp3) is 0.182. The van der Waals surface area contributed by atoms with Crippen LogP contribution in [0.1, 0.15) is 57.3 Å². The van der Waals surface area contributed by atoms with Crippen molar-refractivity contribution in [2.24, 2.45) is 0 Å². The molecule has 0 saturated heterocycles. The molecule has 2 heteroatoms. The summed E-state index contributed by atoms with van der Waals surface area (Å²) in [7, 11) is 0. The van der Waals surface area contributed by atoms with E-state index < -0.39 is 16.2 Å². The molecular formula is C44H36O2. The SMILES string of the molecule is OCC1(CC2(CC3(CO)c4ccccc4-c4ccccc43)c3ccccc3Cc3ccccc32)c2ccccc2-c2ccccc21. The number of aliphatic hydroxyl groups excluding tert-OH is 2. The maximum absolute atomic E-state index is 11.8. The number of hydrogen-bond acceptors (Lipinski definition) is 2. The summed E-state index contributed by atoms with van der Waals surface area (Å²) >= 11 is 0. The molecule has 6 aromatic rings. The van der Waals surface area contributed by atoms with Gasteiger partial charge in [0, 0.05) is 16.2 Å². The van der Waals surface area contributed by atoms with E-state index in [9.17, 15) is 10.2 Å². The van der Waals surface area contributed by atoms with Crippen LogP contribution in [0.3, 0.4) is 0 Å². The normalized spacial score (nSPS) is 16.8. The molecule has 3 aliphatic rings. The molecule has 0 unspecified atom stereocenters. The van der Waals surface area contributed by atoms with Crippen LogP contribution in [0.25, 0.3) is 22.3 Å². The highest BCUT2D eigenvalue weighted by atomic mass is 16.3. The standard InChI is InChI=1S/C44H36O2/c45-28-43(38-21-9-3-15-32(38)33-16-4-10-22-39(33)43)26-42(36-19-7-1-13-30(36)25-31-14-2-8-20-37(31)42)27-44(29-46)40-23-11-5-17-34(40)35-18-6-12-24-41(35)44/h1-24,45-46H,25-29H2. The predicted molar refractivity (Wildman–Crippen MR) is 185 cm³/mol. The summed E-state index contributed by atoms with van der Waals surface area (Å²) in [4.78, 5) is 0. The molecule has 0 aromatic heterocycles. The van der Waals surface area contributed by atoms with Crippen molar-refractivity contribution in [1.29, 1.82) is 0 Å². The lowest BCUT2D eigenvalue weighted by atomic mass is 9.52. The van der Waals surface area contributed by atoms with Gasteiger partial charge >= 0.3 is 0 Å². The second-order valence-electron chi connectivity index (χ2n) is 13.6. The average Bonchev–Trinajstić information content (AvgIpc) is 3.56. The first-order chi connectivity index (χ1) is 22.6. The van der Waals surface area contributed by atoms with Crippen molar-refractivity contribution in [3.63, 3.8) is 0 Å². The first kappa shape index (κ1) is 27.5. The highest BCUT2D eigenvalue weighted by Gasteiger charge is 2.56. The van der Waals surface area contributed by atoms with Gasteiger partial charge in [0.15, 0.2) is 0 Å². The minimum absolute atomic E-state index is 0.00753. The number of fused-ring (bicyclic) bond motifs is 8. The van der Waals surface area contributed by atoms with Crippen molar-refractivity contribution in [2.75, 3.05) is 13.2 Å². The van der Waals surface area contributed by atoms with Gasteiger partial charge in [-0.1, -0.05) is 146 Å². The van der Waals surface area contributed by atoms with Crippen molar-refractivity contribution >= 4 is 0 Å². The van der Waals surface area contributed by atoms with Crippen LogP contribution in [0, 0.1) is 0 Å². The van der Waals surface area contributed by atoms with Gasteiger partial charge < -0.3 is 10.2 Å². The number of rotatable bonds is 6. The Morgan fingerprint density at radius 3 is 0.957 bits per heavy atom. The van der Waals surface area contributed by atoms with E-state index in [4.69, 9.17) is 0 Å². The van der Waals surface area contributed by atoms with E-state index in [-0.39, 0.29) is 13.2 Å². The van der Waals surface area contributed by atoms with E-state index in [0.717, 1.165) is 6.42 Å². The van der Waals surface area contributed by atoms with Crippen LogP contribution in [0.5, 0.6) is 0 Å². The summed E-state index contributed by atoms with van der Waals surface area (Å²) in [6.45, 7) is -0.0151. The van der Waals surface area contributed by atoms with Crippen molar-refractivity contribution in [3.05, 3.63) is 190 Å². The molecule has 0 atom stereocenters. The zero-order chi connectivity index (χ0) is 30.9. The van der Waals surface area contributed by atoms with E-state index in [2.05, 4.69) is 146 Å². The maximum Gasteiger partial charge on any atom is 0.0569 e. The van der Waals surface area contributed by atoms with Gasteiger partial charge in [-0.2, -0.15) is 0 Å². The first-order valence-corrected chi connectivity index (χ1v) is 16.4. The number of benzene rings is 6. The predicted octanol–water partition coefficient (Wildman–Crippen LogP) is 8.58. The van der Waals surface area contributed by atoms with E-state index in [1.54, 1.807) is 0 Å². The Hall–Kier alpha value is -4.76. The van der Waals surface area contributed by atoms with Crippen LogP contribution in [0.2, 0.25) is 0 Å². The van der Waals surface area contributed by atoms with E-state index >= 15 is 0 Å². The summed E-state index contributed by atoms with van der Waals surface area (Å²) in [5.74, 6) is 0. The molecule has 0 aliphatic heterocycles. The summed E-state index contributed by atoms with van der Waals surface area (Å²) in [5.41, 5.74) is 13.0. The van der Waals surface area contributed by atoms with Crippen molar-refractivity contribution in [3.8, 4) is 22.3 Å². The van der Waals surface area contributed by atoms with Crippen LogP contribution in [0.15, 0.2) is 146 Å². The van der Waals surface area contributed by atoms with Gasteiger partial charge in [-0.05, 0) is 86.0 Å². The van der Waals surface area contributed by atoms with E-state index in [1.807, 2.05) is 0 Å². The molecule has 46 heavy (non-hydrogen) atoms. The molecule has 0 radical (unpaired) electrons. The number of hydrogen-bond donors (Lipinski definition) is 2. The van der Waals surface area contributed by atoms with Crippen molar-refractivity contribution in [1.82, 2.24) is 0 Å². The molecule has 224 valence electrons. The van der Waals surface area contributed by atoms with Crippen molar-refractivity contribution < 1.29 is 10.2 Å². The highest BCUT2D eigenvalue weighted by Crippen LogP contribution is 2.62. The molecule has 2 nitrogen and oxygen atoms in total. The van der Waals surface area contributed by atoms with Gasteiger partial charge in [-0.3, -0.25) is 0 Å². The topological polar surface area (TPSA) is 40.5 Å². The van der Waals surface area contributed by atoms with Gasteiger partial charge in [0.2, 0.25) is 0 Å². The summed E-state index contributed by atoms with van der Waals surface area (Å²) in [5, 5.41) is 23.6. The lowest BCUT2D eigenvalue weighted by Crippen LogP contribution is -2.48. The number of aliphatic hydroxyl groups is 2. The Kier molecular flexibility index (Phi) is 6.06. The Morgan fingerprint density at radius 2 is 0.630 bits per heavy atom. The second kappa shape index (κ2) is 10.1. The third-order valence-electron chi connectivity index (χ3n) is 11.5. The molecule has 0 fully saturated rings. The minimum Gasteiger partial charge on any atom is -0.395 e. The lowest BCUT2D eigenvalue weighted by Gasteiger charge is -2.50. The lowest BCUT2D eigenvalue weighted by molar-refractivity contribution is 0.155. The Labute approximate surface area is 270 Å². The first-order valence-electron chi connectivity index (χ1n) is 16.4. The van der Waals surface area contributed by atoms with Crippen molar-refractivity contribution in [2.45, 2.75) is 35.5 Å². The van der Waals surface area contributed by atoms with Gasteiger partial charge in [0.1, 0.15) is 0 Å². The van der Waals surface area contributed by atoms with Gasteiger partial charge in [-0.25, -0.2) is 0 Å². The maximum atomic E-state index is 11.8. The van der Waals surface area contributed by atoms with Crippen LogP contribution >= 0.6 is 0 Å². The molecule has 0 heterocycles. The summed E-state index contributed by atoms with van der Waals surface area (Å²) < 4.78 is 0. The molecule has 0 amide bonds. The smallest absolute Gasteiger partial charge is 0.0569 e. The van der Waals surface area contributed by atoms with E-state index in [1.165, 1.54) is 66.8 Å². The zero-order valence-electron chi connectivity index (χ0n) is 25.8. The van der Waals surface area contributed by atoms with E-state index in [0.29, 0.717) is 12.8 Å². The van der Waals surface area contributed by atoms with Gasteiger partial charge in [-0.15, -0.1) is 0 Å². The molecular weight excluding hydrogens is 560 g/mol. The molecule has 0 spiro atoms. The zero-order valence-corrected chi connectivity index (χ0v) is 25.8. The van der Waals surface area contributed by atoms with Gasteiger partial charge in [0.25, 0.3) is 0 Å². The summed E-state index contributed by atoms with van der Waals surface area (Å²) in [6.07, 6.45) is 2.21. The van der Waals surface area contributed by atoms with Crippen LogP contribution < -0.4 is 0 Å². The molecule has 0 bridgehead atoms. The Morgan fingerprint density at radius 1 is 0.348 bits per heavy atom. The monoisotopic (exact) mass is 596 g/mol. The summed E-state index contributed by atoms with van der Waals surface area (Å²) in [6, 6.07) is 52.5. The molecule has 9 rings (SSSR count).